The van der Waals surface area contributed by atoms with E-state index in [1.807, 2.05) is 12.1 Å². The Morgan fingerprint density at radius 2 is 1.95 bits per heavy atom. The van der Waals surface area contributed by atoms with Gasteiger partial charge < -0.3 is 5.11 Å². The molecule has 1 fully saturated rings. The van der Waals surface area contributed by atoms with Crippen LogP contribution in [0, 0.1) is 0 Å². The number of nitrogens with zero attached hydrogens (tertiary/aromatic N) is 1. The number of carboxylic acid groups (broad SMARTS) is 1. The van der Waals surface area contributed by atoms with Gasteiger partial charge in [0, 0.05) is 18.6 Å². The minimum Gasteiger partial charge on any atom is -0.481 e. The van der Waals surface area contributed by atoms with Crippen molar-refractivity contribution in [3.8, 4) is 0 Å². The van der Waals surface area contributed by atoms with Crippen LogP contribution in [0.5, 0.6) is 0 Å². The van der Waals surface area contributed by atoms with Crippen molar-refractivity contribution < 1.29 is 18.3 Å². The van der Waals surface area contributed by atoms with Gasteiger partial charge in [-0.05, 0) is 30.9 Å². The molecule has 2 aliphatic rings. The summed E-state index contributed by atoms with van der Waals surface area (Å²) in [7, 11) is -3.19. The van der Waals surface area contributed by atoms with Crippen molar-refractivity contribution >= 4 is 15.8 Å². The molecule has 5 nitrogen and oxygen atoms in total. The van der Waals surface area contributed by atoms with Gasteiger partial charge in [0.2, 0.25) is 0 Å². The van der Waals surface area contributed by atoms with E-state index in [0.717, 1.165) is 18.4 Å². The number of benzene rings is 1. The molecule has 0 saturated heterocycles. The summed E-state index contributed by atoms with van der Waals surface area (Å²) in [4.78, 5) is 13.5. The number of carboxylic acids is 1. The molecule has 0 bridgehead atoms. The van der Waals surface area contributed by atoms with E-state index in [2.05, 4.69) is 4.90 Å². The van der Waals surface area contributed by atoms with Crippen molar-refractivity contribution in [3.63, 3.8) is 0 Å². The van der Waals surface area contributed by atoms with E-state index in [4.69, 9.17) is 5.11 Å². The largest absolute Gasteiger partial charge is 0.481 e. The van der Waals surface area contributed by atoms with Crippen LogP contribution < -0.4 is 0 Å². The molecule has 1 heterocycles. The molecule has 1 N–H and O–H groups in total. The number of carbonyl (C=O) groups is 1. The van der Waals surface area contributed by atoms with Gasteiger partial charge in [-0.15, -0.1) is 0 Å². The van der Waals surface area contributed by atoms with Crippen LogP contribution >= 0.6 is 0 Å². The van der Waals surface area contributed by atoms with Crippen molar-refractivity contribution in [2.75, 3.05) is 12.3 Å². The van der Waals surface area contributed by atoms with Crippen LogP contribution in [0.2, 0.25) is 0 Å². The van der Waals surface area contributed by atoms with Gasteiger partial charge in [0.25, 0.3) is 0 Å². The van der Waals surface area contributed by atoms with E-state index in [9.17, 15) is 13.2 Å². The molecule has 1 aromatic rings. The molecule has 21 heavy (non-hydrogen) atoms. The quantitative estimate of drug-likeness (QED) is 0.898. The van der Waals surface area contributed by atoms with Crippen LogP contribution in [0.25, 0.3) is 0 Å². The molecule has 6 heteroatoms. The third-order valence-corrected chi connectivity index (χ3v) is 6.09. The standard InChI is InChI=1S/C15H19NO4S/c17-15(18)7-9-16(11-5-6-11)13-8-10-21(19,20)14-4-2-1-3-12(13)14/h1-4,11,13H,5-10H2,(H,17,18). The van der Waals surface area contributed by atoms with Crippen molar-refractivity contribution in [1.29, 1.82) is 0 Å². The second kappa shape index (κ2) is 5.42. The molecule has 1 aliphatic carbocycles. The van der Waals surface area contributed by atoms with E-state index in [1.54, 1.807) is 12.1 Å². The molecular formula is C15H19NO4S. The van der Waals surface area contributed by atoms with Gasteiger partial charge in [0.05, 0.1) is 17.1 Å². The van der Waals surface area contributed by atoms with Crippen LogP contribution in [0.4, 0.5) is 0 Å². The van der Waals surface area contributed by atoms with E-state index in [-0.39, 0.29) is 18.2 Å². The fourth-order valence-corrected chi connectivity index (χ4v) is 4.74. The molecular weight excluding hydrogens is 290 g/mol. The number of rotatable bonds is 5. The molecule has 0 radical (unpaired) electrons. The number of fused-ring (bicyclic) bond motifs is 1. The van der Waals surface area contributed by atoms with E-state index in [1.165, 1.54) is 0 Å². The van der Waals surface area contributed by atoms with Gasteiger partial charge in [-0.2, -0.15) is 0 Å². The molecule has 114 valence electrons. The fraction of sp³-hybridized carbons (Fsp3) is 0.533. The summed E-state index contributed by atoms with van der Waals surface area (Å²) in [5.41, 5.74) is 0.834. The predicted octanol–water partition coefficient (Wildman–Crippen LogP) is 1.84. The first-order chi connectivity index (χ1) is 9.99. The minimum atomic E-state index is -3.19. The monoisotopic (exact) mass is 309 g/mol. The third-order valence-electron chi connectivity index (χ3n) is 4.27. The van der Waals surface area contributed by atoms with Gasteiger partial charge in [-0.1, -0.05) is 18.2 Å². The van der Waals surface area contributed by atoms with E-state index < -0.39 is 15.8 Å². The number of sulfone groups is 1. The maximum atomic E-state index is 12.2. The highest BCUT2D eigenvalue weighted by atomic mass is 32.2. The lowest BCUT2D eigenvalue weighted by atomic mass is 10.0. The first-order valence-corrected chi connectivity index (χ1v) is 8.93. The van der Waals surface area contributed by atoms with Crippen molar-refractivity contribution in [2.24, 2.45) is 0 Å². The summed E-state index contributed by atoms with van der Waals surface area (Å²) in [6.07, 6.45) is 2.80. The summed E-state index contributed by atoms with van der Waals surface area (Å²) in [5, 5.41) is 8.92. The van der Waals surface area contributed by atoms with Gasteiger partial charge in [0.1, 0.15) is 0 Å². The molecule has 1 aliphatic heterocycles. The van der Waals surface area contributed by atoms with Gasteiger partial charge in [-0.3, -0.25) is 9.69 Å². The second-order valence-electron chi connectivity index (χ2n) is 5.77. The van der Waals surface area contributed by atoms with Crippen LogP contribution in [0.1, 0.15) is 37.3 Å². The summed E-state index contributed by atoms with van der Waals surface area (Å²) >= 11 is 0. The maximum absolute atomic E-state index is 12.2. The van der Waals surface area contributed by atoms with Crippen LogP contribution in [0.3, 0.4) is 0 Å². The Kier molecular flexibility index (Phi) is 3.75. The average molecular weight is 309 g/mol. The molecule has 0 aromatic heterocycles. The number of hydrogen-bond acceptors (Lipinski definition) is 4. The van der Waals surface area contributed by atoms with Crippen LogP contribution in [-0.2, 0) is 14.6 Å². The number of hydrogen-bond donors (Lipinski definition) is 1. The summed E-state index contributed by atoms with van der Waals surface area (Å²) < 4.78 is 24.4. The lowest BCUT2D eigenvalue weighted by molar-refractivity contribution is -0.137. The van der Waals surface area contributed by atoms with E-state index >= 15 is 0 Å². The lowest BCUT2D eigenvalue weighted by Gasteiger charge is -2.35. The normalized spacial score (nSPS) is 23.8. The molecule has 1 aromatic carbocycles. The minimum absolute atomic E-state index is 0.0246. The first-order valence-electron chi connectivity index (χ1n) is 7.28. The highest BCUT2D eigenvalue weighted by molar-refractivity contribution is 7.91. The Bertz CT molecular complexity index is 651. The highest BCUT2D eigenvalue weighted by Crippen LogP contribution is 2.41. The fourth-order valence-electron chi connectivity index (χ4n) is 3.14. The predicted molar refractivity (Wildman–Crippen MR) is 77.8 cm³/mol. The zero-order chi connectivity index (χ0) is 15.0. The smallest absolute Gasteiger partial charge is 0.304 e. The summed E-state index contributed by atoms with van der Waals surface area (Å²) in [6.45, 7) is 0.485. The van der Waals surface area contributed by atoms with Crippen LogP contribution in [-0.4, -0.2) is 42.7 Å². The molecule has 1 saturated carbocycles. The SMILES string of the molecule is O=C(O)CCN(C1CC1)C1CCS(=O)(=O)c2ccccc21. The Morgan fingerprint density at radius 1 is 1.24 bits per heavy atom. The Labute approximate surface area is 124 Å². The zero-order valence-corrected chi connectivity index (χ0v) is 12.6. The van der Waals surface area contributed by atoms with Gasteiger partial charge >= 0.3 is 5.97 Å². The van der Waals surface area contributed by atoms with E-state index in [0.29, 0.717) is 23.9 Å². The number of aliphatic carboxylic acids is 1. The molecule has 0 amide bonds. The molecule has 1 unspecified atom stereocenters. The van der Waals surface area contributed by atoms with Gasteiger partial charge in [-0.25, -0.2) is 8.42 Å². The summed E-state index contributed by atoms with van der Waals surface area (Å²) in [6, 6.07) is 7.57. The van der Waals surface area contributed by atoms with Crippen LogP contribution in [0.15, 0.2) is 29.2 Å². The first kappa shape index (κ1) is 14.5. The molecule has 3 rings (SSSR count). The summed E-state index contributed by atoms with van der Waals surface area (Å²) in [5.74, 6) is -0.664. The Morgan fingerprint density at radius 3 is 2.62 bits per heavy atom. The average Bonchev–Trinajstić information content (AvgIpc) is 3.26. The third kappa shape index (κ3) is 2.96. The van der Waals surface area contributed by atoms with Crippen molar-refractivity contribution in [2.45, 2.75) is 42.7 Å². The van der Waals surface area contributed by atoms with Gasteiger partial charge in [0.15, 0.2) is 9.84 Å². The van der Waals surface area contributed by atoms with Crippen molar-refractivity contribution in [3.05, 3.63) is 29.8 Å². The maximum Gasteiger partial charge on any atom is 0.304 e. The Balaban J connectivity index is 1.92. The topological polar surface area (TPSA) is 74.7 Å². The molecule has 0 spiro atoms. The van der Waals surface area contributed by atoms with Crippen molar-refractivity contribution in [1.82, 2.24) is 4.90 Å². The Hall–Kier alpha value is -1.40. The second-order valence-corrected chi connectivity index (χ2v) is 7.85. The zero-order valence-electron chi connectivity index (χ0n) is 11.7. The lowest BCUT2D eigenvalue weighted by Crippen LogP contribution is -2.37. The molecule has 1 atom stereocenters. The highest BCUT2D eigenvalue weighted by Gasteiger charge is 2.39.